The van der Waals surface area contributed by atoms with Gasteiger partial charge in [-0.2, -0.15) is 0 Å². The van der Waals surface area contributed by atoms with Crippen molar-refractivity contribution in [3.05, 3.63) is 91.5 Å². The lowest BCUT2D eigenvalue weighted by Gasteiger charge is -2.09. The Morgan fingerprint density at radius 2 is 1.63 bits per heavy atom. The Morgan fingerprint density at radius 1 is 0.933 bits per heavy atom. The molecule has 0 aromatic heterocycles. The highest BCUT2D eigenvalue weighted by molar-refractivity contribution is 6.30. The molecule has 9 nitrogen and oxygen atoms in total. The summed E-state index contributed by atoms with van der Waals surface area (Å²) in [4.78, 5) is 25.1. The van der Waals surface area contributed by atoms with Crippen LogP contribution < -0.4 is 9.47 Å². The maximum atomic E-state index is 11.3. The van der Waals surface area contributed by atoms with E-state index in [2.05, 4.69) is 4.99 Å². The third-order valence-electron chi connectivity index (χ3n) is 3.97. The Kier molecular flexibility index (Phi) is 6.23. The Balaban J connectivity index is 1.95. The molecule has 3 aromatic carbocycles. The molecule has 0 saturated heterocycles. The first-order valence-electron chi connectivity index (χ1n) is 8.46. The molecule has 10 heteroatoms. The highest BCUT2D eigenvalue weighted by Crippen LogP contribution is 2.36. The van der Waals surface area contributed by atoms with Gasteiger partial charge >= 0.3 is 5.69 Å². The molecule has 0 bridgehead atoms. The first kappa shape index (κ1) is 20.7. The number of benzene rings is 3. The van der Waals surface area contributed by atoms with Crippen LogP contribution in [0.3, 0.4) is 0 Å². The standard InChI is InChI=1S/C20H14ClN3O6/c1-29-17-6-3-15(4-7-17)22-12-13-10-14(21)2-8-19(13)30-20-9-5-16(23(25)26)11-18(20)24(27)28/h2-12H,1H3. The summed E-state index contributed by atoms with van der Waals surface area (Å²) in [5.74, 6) is 0.784. The van der Waals surface area contributed by atoms with Crippen LogP contribution in [0.4, 0.5) is 17.1 Å². The predicted octanol–water partition coefficient (Wildman–Crippen LogP) is 5.71. The molecule has 0 N–H and O–H groups in total. The van der Waals surface area contributed by atoms with Gasteiger partial charge in [-0.25, -0.2) is 0 Å². The molecule has 0 radical (unpaired) electrons. The zero-order chi connectivity index (χ0) is 21.7. The smallest absolute Gasteiger partial charge is 0.318 e. The third-order valence-corrected chi connectivity index (χ3v) is 4.20. The molecule has 0 amide bonds. The molecule has 0 saturated carbocycles. The number of rotatable bonds is 7. The van der Waals surface area contributed by atoms with Crippen LogP contribution in [0, 0.1) is 20.2 Å². The van der Waals surface area contributed by atoms with E-state index in [1.807, 2.05) is 0 Å². The number of nitrogens with zero attached hydrogens (tertiary/aromatic N) is 3. The lowest BCUT2D eigenvalue weighted by atomic mass is 10.2. The Labute approximate surface area is 175 Å². The fourth-order valence-corrected chi connectivity index (χ4v) is 2.67. The summed E-state index contributed by atoms with van der Waals surface area (Å²) in [6.45, 7) is 0. The highest BCUT2D eigenvalue weighted by Gasteiger charge is 2.21. The summed E-state index contributed by atoms with van der Waals surface area (Å²) >= 11 is 6.06. The molecule has 0 heterocycles. The quantitative estimate of drug-likeness (QED) is 0.271. The van der Waals surface area contributed by atoms with E-state index in [1.54, 1.807) is 43.5 Å². The number of aliphatic imine (C=N–C) groups is 1. The van der Waals surface area contributed by atoms with E-state index in [-0.39, 0.29) is 11.5 Å². The summed E-state index contributed by atoms with van der Waals surface area (Å²) in [5.41, 5.74) is 0.164. The minimum Gasteiger partial charge on any atom is -0.497 e. The average Bonchev–Trinajstić information content (AvgIpc) is 2.74. The topological polar surface area (TPSA) is 117 Å². The lowest BCUT2D eigenvalue weighted by Crippen LogP contribution is -1.97. The summed E-state index contributed by atoms with van der Waals surface area (Å²) < 4.78 is 10.8. The van der Waals surface area contributed by atoms with Crippen molar-refractivity contribution in [2.24, 2.45) is 4.99 Å². The fourth-order valence-electron chi connectivity index (χ4n) is 2.49. The zero-order valence-electron chi connectivity index (χ0n) is 15.5. The van der Waals surface area contributed by atoms with Gasteiger partial charge in [-0.1, -0.05) is 11.6 Å². The highest BCUT2D eigenvalue weighted by atomic mass is 35.5. The first-order valence-corrected chi connectivity index (χ1v) is 8.83. The summed E-state index contributed by atoms with van der Waals surface area (Å²) in [6.07, 6.45) is 1.50. The molecular weight excluding hydrogens is 414 g/mol. The Bertz CT molecular complexity index is 1130. The monoisotopic (exact) mass is 427 g/mol. The van der Waals surface area contributed by atoms with Gasteiger partial charge in [0.15, 0.2) is 0 Å². The van der Waals surface area contributed by atoms with Crippen molar-refractivity contribution in [2.45, 2.75) is 0 Å². The molecule has 30 heavy (non-hydrogen) atoms. The van der Waals surface area contributed by atoms with Crippen molar-refractivity contribution in [2.75, 3.05) is 7.11 Å². The van der Waals surface area contributed by atoms with Gasteiger partial charge in [0, 0.05) is 22.9 Å². The van der Waals surface area contributed by atoms with Crippen molar-refractivity contribution in [1.29, 1.82) is 0 Å². The number of hydrogen-bond donors (Lipinski definition) is 0. The molecule has 3 rings (SSSR count). The van der Waals surface area contributed by atoms with Gasteiger partial charge in [0.05, 0.1) is 28.7 Å². The number of halogens is 1. The van der Waals surface area contributed by atoms with Crippen molar-refractivity contribution in [3.8, 4) is 17.2 Å². The zero-order valence-corrected chi connectivity index (χ0v) is 16.3. The van der Waals surface area contributed by atoms with Crippen LogP contribution in [-0.2, 0) is 0 Å². The summed E-state index contributed by atoms with van der Waals surface area (Å²) in [7, 11) is 1.56. The first-order chi connectivity index (χ1) is 14.4. The molecule has 0 aliphatic rings. The Hall–Kier alpha value is -3.98. The van der Waals surface area contributed by atoms with Gasteiger partial charge in [-0.15, -0.1) is 0 Å². The molecular formula is C20H14ClN3O6. The summed E-state index contributed by atoms with van der Waals surface area (Å²) in [5, 5.41) is 22.6. The minimum absolute atomic E-state index is 0.146. The molecule has 0 fully saturated rings. The van der Waals surface area contributed by atoms with E-state index >= 15 is 0 Å². The van der Waals surface area contributed by atoms with E-state index in [4.69, 9.17) is 21.1 Å². The lowest BCUT2D eigenvalue weighted by molar-refractivity contribution is -0.394. The minimum atomic E-state index is -0.747. The molecule has 0 atom stereocenters. The summed E-state index contributed by atoms with van der Waals surface area (Å²) in [6, 6.07) is 14.8. The van der Waals surface area contributed by atoms with Crippen LogP contribution >= 0.6 is 11.6 Å². The number of hydrogen-bond acceptors (Lipinski definition) is 7. The second kappa shape index (κ2) is 9.01. The van der Waals surface area contributed by atoms with Crippen LogP contribution in [-0.4, -0.2) is 23.2 Å². The SMILES string of the molecule is COc1ccc(N=Cc2cc(Cl)ccc2Oc2ccc([N+](=O)[O-])cc2[N+](=O)[O-])cc1. The van der Waals surface area contributed by atoms with E-state index < -0.39 is 21.2 Å². The normalized spacial score (nSPS) is 10.7. The second-order valence-electron chi connectivity index (χ2n) is 5.91. The molecule has 0 spiro atoms. The molecule has 152 valence electrons. The largest absolute Gasteiger partial charge is 0.497 e. The molecule has 3 aromatic rings. The number of nitro benzene ring substituents is 2. The number of non-ortho nitro benzene ring substituents is 1. The van der Waals surface area contributed by atoms with Crippen LogP contribution in [0.5, 0.6) is 17.2 Å². The van der Waals surface area contributed by atoms with Gasteiger partial charge in [0.1, 0.15) is 11.5 Å². The molecule has 0 unspecified atom stereocenters. The van der Waals surface area contributed by atoms with Gasteiger partial charge in [0.25, 0.3) is 5.69 Å². The molecule has 0 aliphatic carbocycles. The van der Waals surface area contributed by atoms with Crippen molar-refractivity contribution >= 4 is 34.9 Å². The average molecular weight is 428 g/mol. The Morgan fingerprint density at radius 3 is 2.27 bits per heavy atom. The van der Waals surface area contributed by atoms with Crippen LogP contribution in [0.15, 0.2) is 65.7 Å². The van der Waals surface area contributed by atoms with Gasteiger partial charge in [0.2, 0.25) is 5.75 Å². The number of ether oxygens (including phenoxy) is 2. The van der Waals surface area contributed by atoms with Gasteiger partial charge in [-0.3, -0.25) is 25.2 Å². The van der Waals surface area contributed by atoms with Crippen LogP contribution in [0.25, 0.3) is 0 Å². The van der Waals surface area contributed by atoms with Crippen molar-refractivity contribution < 1.29 is 19.3 Å². The fraction of sp³-hybridized carbons (Fsp3) is 0.0500. The molecule has 0 aliphatic heterocycles. The predicted molar refractivity (Wildman–Crippen MR) is 112 cm³/mol. The number of methoxy groups -OCH3 is 1. The van der Waals surface area contributed by atoms with Crippen LogP contribution in [0.2, 0.25) is 5.02 Å². The third kappa shape index (κ3) is 4.89. The van der Waals surface area contributed by atoms with E-state index in [9.17, 15) is 20.2 Å². The maximum absolute atomic E-state index is 11.3. The van der Waals surface area contributed by atoms with E-state index in [1.165, 1.54) is 18.3 Å². The van der Waals surface area contributed by atoms with Gasteiger partial charge in [-0.05, 0) is 48.5 Å². The number of nitro groups is 2. The van der Waals surface area contributed by atoms with Gasteiger partial charge < -0.3 is 9.47 Å². The second-order valence-corrected chi connectivity index (χ2v) is 6.34. The van der Waals surface area contributed by atoms with E-state index in [0.29, 0.717) is 22.0 Å². The van der Waals surface area contributed by atoms with Crippen LogP contribution in [0.1, 0.15) is 5.56 Å². The van der Waals surface area contributed by atoms with Crippen molar-refractivity contribution in [1.82, 2.24) is 0 Å². The maximum Gasteiger partial charge on any atom is 0.318 e. The van der Waals surface area contributed by atoms with Crippen molar-refractivity contribution in [3.63, 3.8) is 0 Å². The van der Waals surface area contributed by atoms with E-state index in [0.717, 1.165) is 12.1 Å².